The van der Waals surface area contributed by atoms with Crippen molar-refractivity contribution in [3.05, 3.63) is 484 Å². The van der Waals surface area contributed by atoms with E-state index in [-0.39, 0.29) is 5.41 Å². The molecular weight excluding hydrogens is 1570 g/mol. The number of nitrogens with zero attached hydrogens (tertiary/aromatic N) is 4. The summed E-state index contributed by atoms with van der Waals surface area (Å²) in [5.74, 6) is 0. The summed E-state index contributed by atoms with van der Waals surface area (Å²) < 4.78 is 17.6. The monoisotopic (exact) mass is 1650 g/mol. The van der Waals surface area contributed by atoms with E-state index in [9.17, 15) is 0 Å². The van der Waals surface area contributed by atoms with E-state index in [1.165, 1.54) is 116 Å². The Balaban J connectivity index is 0.000000145. The largest absolute Gasteiger partial charge is 0.455 e. The van der Waals surface area contributed by atoms with E-state index in [1.54, 1.807) is 0 Å². The third-order valence-electron chi connectivity index (χ3n) is 26.4. The van der Waals surface area contributed by atoms with E-state index in [0.717, 1.165) is 117 Å². The fourth-order valence-corrected chi connectivity index (χ4v) is 20.1. The average molecular weight is 1650 g/mol. The molecule has 1 aliphatic carbocycles. The topological polar surface area (TPSA) is 42.6 Å². The summed E-state index contributed by atoms with van der Waals surface area (Å²) in [6, 6.07) is 171. The van der Waals surface area contributed by atoms with Crippen LogP contribution < -0.4 is 9.80 Å². The Morgan fingerprint density at radius 1 is 0.186 bits per heavy atom. The number of anilines is 6. The van der Waals surface area contributed by atoms with E-state index in [2.05, 4.69) is 482 Å². The maximum Gasteiger partial charge on any atom is 0.143 e. The van der Waals surface area contributed by atoms with Crippen LogP contribution in [0.25, 0.3) is 188 Å². The number of aromatic nitrogens is 2. The van der Waals surface area contributed by atoms with Crippen LogP contribution in [-0.4, -0.2) is 9.13 Å². The van der Waals surface area contributed by atoms with Crippen LogP contribution >= 0.6 is 0 Å². The summed E-state index contributed by atoms with van der Waals surface area (Å²) in [6.07, 6.45) is 0. The van der Waals surface area contributed by atoms with Gasteiger partial charge in [-0.15, -0.1) is 0 Å². The Hall–Kier alpha value is -16.8. The molecule has 0 atom stereocenters. The minimum atomic E-state index is -0.116. The second-order valence-corrected chi connectivity index (χ2v) is 34.2. The first-order valence-electron chi connectivity index (χ1n) is 44.3. The molecule has 0 spiro atoms. The van der Waals surface area contributed by atoms with Crippen LogP contribution in [0.2, 0.25) is 0 Å². The van der Waals surface area contributed by atoms with Crippen molar-refractivity contribution in [2.45, 2.75) is 19.3 Å². The molecule has 0 aliphatic heterocycles. The molecule has 0 unspecified atom stereocenters. The molecule has 0 fully saturated rings. The van der Waals surface area contributed by atoms with Crippen molar-refractivity contribution in [3.63, 3.8) is 0 Å². The highest BCUT2D eigenvalue weighted by Gasteiger charge is 2.36. The SMILES string of the molecule is CC1(C)c2ccccc2-c2ccc(N(c3ccc(-c4ccc5c(c4)c4ccccc4n5-c4ccccc4)cc3)c3ccc(-c4cccc5c4oc4ccccc45)cc3)cc21.c1ccc(-c2cc(-c3ccccc3)cc(-c3ccc(N(c4ccc(-c5ccc6c(c5)c5ccccc5n6-c5ccccc5)cc4)c4ccc(-c5cccc6c5oc5ccccc56)cc4)cc3)c2)cc1. The molecule has 4 aromatic heterocycles. The maximum absolute atomic E-state index is 6.47. The highest BCUT2D eigenvalue weighted by Crippen LogP contribution is 2.52. The highest BCUT2D eigenvalue weighted by molar-refractivity contribution is 6.14. The van der Waals surface area contributed by atoms with Crippen LogP contribution in [0.3, 0.4) is 0 Å². The van der Waals surface area contributed by atoms with E-state index in [1.807, 2.05) is 24.3 Å². The van der Waals surface area contributed by atoms with Gasteiger partial charge < -0.3 is 27.8 Å². The molecule has 4 heterocycles. The van der Waals surface area contributed by atoms with Crippen molar-refractivity contribution in [1.82, 2.24) is 9.13 Å². The normalized spacial score (nSPS) is 12.2. The average Bonchev–Trinajstić information content (AvgIpc) is 1.59. The van der Waals surface area contributed by atoms with E-state index in [0.29, 0.717) is 0 Å². The number of benzene rings is 20. The lowest BCUT2D eigenvalue weighted by Gasteiger charge is -2.28. The molecule has 25 rings (SSSR count). The smallest absolute Gasteiger partial charge is 0.143 e. The molecule has 0 N–H and O–H groups in total. The predicted octanol–water partition coefficient (Wildman–Crippen LogP) is 34.3. The Morgan fingerprint density at radius 3 is 0.922 bits per heavy atom. The first kappa shape index (κ1) is 75.9. The number of fused-ring (bicyclic) bond motifs is 15. The van der Waals surface area contributed by atoms with Gasteiger partial charge in [-0.05, 0) is 253 Å². The van der Waals surface area contributed by atoms with E-state index in [4.69, 9.17) is 8.83 Å². The molecule has 0 radical (unpaired) electrons. The molecule has 0 bridgehead atoms. The molecule has 129 heavy (non-hydrogen) atoms. The lowest BCUT2D eigenvalue weighted by molar-refractivity contribution is 0.660. The van der Waals surface area contributed by atoms with Crippen LogP contribution in [-0.2, 0) is 5.41 Å². The van der Waals surface area contributed by atoms with E-state index >= 15 is 0 Å². The minimum Gasteiger partial charge on any atom is -0.455 e. The Morgan fingerprint density at radius 2 is 0.488 bits per heavy atom. The third kappa shape index (κ3) is 13.3. The number of para-hydroxylation sites is 8. The first-order chi connectivity index (χ1) is 63.7. The van der Waals surface area contributed by atoms with Crippen LogP contribution in [0.1, 0.15) is 25.0 Å². The molecular formula is C123H84N4O2. The van der Waals surface area contributed by atoms with Crippen molar-refractivity contribution in [1.29, 1.82) is 0 Å². The molecule has 608 valence electrons. The highest BCUT2D eigenvalue weighted by atomic mass is 16.3. The van der Waals surface area contributed by atoms with Crippen LogP contribution in [0.4, 0.5) is 34.1 Å². The number of furan rings is 2. The standard InChI is InChI=1S/C66H44N2O.C57H40N2O/c1-4-15-45(16-5-1)51-41-52(46-17-6-2-7-18-46)43-53(42-51)48-29-36-56(37-30-48)67(57-38-31-49(32-39-57)58-23-14-24-61-60-22-11-13-26-65(60)69-66(58)61)55-34-27-47(28-35-55)50-33-40-64-62(44-50)59-21-10-12-25-63(59)68(64)54-19-8-3-9-20-54;1-57(2)51-20-9-6-15-45(51)46-33-32-43(36-52(46)57)58(42-30-25-38(26-31-42)44-18-12-19-49-48-17-8-11-22-55(48)60-56(44)49)41-28-23-37(24-29-41)39-27-34-54-50(35-39)47-16-7-10-21-53(47)59(54)40-13-4-3-5-14-40/h1-44H;3-36H,1-2H3. The Kier molecular flexibility index (Phi) is 18.5. The molecule has 20 aromatic carbocycles. The van der Waals surface area contributed by atoms with Gasteiger partial charge in [0.2, 0.25) is 0 Å². The lowest BCUT2D eigenvalue weighted by Crippen LogP contribution is -2.16. The van der Waals surface area contributed by atoms with Gasteiger partial charge in [-0.1, -0.05) is 323 Å². The third-order valence-corrected chi connectivity index (χ3v) is 26.4. The molecule has 6 nitrogen and oxygen atoms in total. The summed E-state index contributed by atoms with van der Waals surface area (Å²) in [4.78, 5) is 4.75. The molecule has 0 amide bonds. The zero-order valence-corrected chi connectivity index (χ0v) is 71.1. The van der Waals surface area contributed by atoms with Crippen molar-refractivity contribution in [3.8, 4) is 100 Å². The molecule has 6 heteroatoms. The zero-order chi connectivity index (χ0) is 85.6. The van der Waals surface area contributed by atoms with Gasteiger partial charge in [0.1, 0.15) is 22.3 Å². The zero-order valence-electron chi connectivity index (χ0n) is 71.1. The molecule has 0 saturated heterocycles. The van der Waals surface area contributed by atoms with Crippen LogP contribution in [0, 0.1) is 0 Å². The van der Waals surface area contributed by atoms with Crippen molar-refractivity contribution < 1.29 is 8.83 Å². The summed E-state index contributed by atoms with van der Waals surface area (Å²) in [5.41, 5.74) is 38.7. The van der Waals surface area contributed by atoms with Gasteiger partial charge in [0, 0.05) is 105 Å². The Bertz CT molecular complexity index is 8340. The molecule has 0 saturated carbocycles. The number of rotatable bonds is 15. The summed E-state index contributed by atoms with van der Waals surface area (Å²) >= 11 is 0. The summed E-state index contributed by atoms with van der Waals surface area (Å²) in [5, 5.41) is 9.51. The second-order valence-electron chi connectivity index (χ2n) is 34.2. The van der Waals surface area contributed by atoms with Gasteiger partial charge >= 0.3 is 0 Å². The van der Waals surface area contributed by atoms with Gasteiger partial charge in [0.05, 0.1) is 22.1 Å². The van der Waals surface area contributed by atoms with Gasteiger partial charge in [-0.3, -0.25) is 0 Å². The maximum atomic E-state index is 6.47. The van der Waals surface area contributed by atoms with Crippen LogP contribution in [0.5, 0.6) is 0 Å². The quantitative estimate of drug-likeness (QED) is 0.103. The number of hydrogen-bond acceptors (Lipinski definition) is 4. The van der Waals surface area contributed by atoms with Crippen molar-refractivity contribution in [2.75, 3.05) is 9.80 Å². The lowest BCUT2D eigenvalue weighted by atomic mass is 9.82. The first-order valence-corrected chi connectivity index (χ1v) is 44.3. The Labute approximate surface area is 748 Å². The van der Waals surface area contributed by atoms with Crippen LogP contribution in [0.15, 0.2) is 482 Å². The molecule has 24 aromatic rings. The predicted molar refractivity (Wildman–Crippen MR) is 541 cm³/mol. The van der Waals surface area contributed by atoms with Gasteiger partial charge in [0.15, 0.2) is 0 Å². The summed E-state index contributed by atoms with van der Waals surface area (Å²) in [7, 11) is 0. The van der Waals surface area contributed by atoms with Gasteiger partial charge in [-0.2, -0.15) is 0 Å². The fourth-order valence-electron chi connectivity index (χ4n) is 20.1. The minimum absolute atomic E-state index is 0.116. The van der Waals surface area contributed by atoms with Gasteiger partial charge in [-0.25, -0.2) is 0 Å². The number of hydrogen-bond donors (Lipinski definition) is 0. The fraction of sp³-hybridized carbons (Fsp3) is 0.0244. The second kappa shape index (κ2) is 31.5. The van der Waals surface area contributed by atoms with Crippen molar-refractivity contribution >= 4 is 122 Å². The van der Waals surface area contributed by atoms with Gasteiger partial charge in [0.25, 0.3) is 0 Å². The van der Waals surface area contributed by atoms with Crippen molar-refractivity contribution in [2.24, 2.45) is 0 Å². The van der Waals surface area contributed by atoms with E-state index < -0.39 is 0 Å². The summed E-state index contributed by atoms with van der Waals surface area (Å²) in [6.45, 7) is 4.70. The molecule has 1 aliphatic rings.